The van der Waals surface area contributed by atoms with Crippen LogP contribution in [0.4, 0.5) is 8.78 Å². The Morgan fingerprint density at radius 3 is 2.28 bits per heavy atom. The molecule has 0 heterocycles. The van der Waals surface area contributed by atoms with Gasteiger partial charge in [-0.15, -0.1) is 0 Å². The molecule has 0 radical (unpaired) electrons. The summed E-state index contributed by atoms with van der Waals surface area (Å²) in [5, 5.41) is 0. The van der Waals surface area contributed by atoms with Crippen LogP contribution in [0.25, 0.3) is 0 Å². The third-order valence-electron chi connectivity index (χ3n) is 3.72. The summed E-state index contributed by atoms with van der Waals surface area (Å²) in [5.74, 6) is -3.00. The van der Waals surface area contributed by atoms with Crippen LogP contribution in [-0.4, -0.2) is 12.0 Å². The lowest BCUT2D eigenvalue weighted by Gasteiger charge is -2.31. The van der Waals surface area contributed by atoms with Crippen molar-refractivity contribution in [3.63, 3.8) is 0 Å². The average molecular weight is 254 g/mol. The van der Waals surface area contributed by atoms with Gasteiger partial charge in [-0.1, -0.05) is 30.3 Å². The van der Waals surface area contributed by atoms with Crippen molar-refractivity contribution in [3.05, 3.63) is 35.9 Å². The van der Waals surface area contributed by atoms with Crippen molar-refractivity contribution in [2.75, 3.05) is 0 Å². The van der Waals surface area contributed by atoms with Gasteiger partial charge in [-0.05, 0) is 38.2 Å². The molecule has 0 saturated heterocycles. The Bertz CT molecular complexity index is 351. The zero-order valence-electron chi connectivity index (χ0n) is 10.7. The maximum absolute atomic E-state index is 13.1. The minimum absolute atomic E-state index is 0.142. The summed E-state index contributed by atoms with van der Waals surface area (Å²) in [4.78, 5) is 0. The fourth-order valence-electron chi connectivity index (χ4n) is 2.52. The molecule has 1 aliphatic rings. The zero-order valence-corrected chi connectivity index (χ0v) is 10.7. The molecule has 1 saturated carbocycles. The van der Waals surface area contributed by atoms with Gasteiger partial charge >= 0.3 is 0 Å². The van der Waals surface area contributed by atoms with E-state index in [0.29, 0.717) is 19.4 Å². The second-order valence-corrected chi connectivity index (χ2v) is 5.23. The summed E-state index contributed by atoms with van der Waals surface area (Å²) in [7, 11) is 0. The van der Waals surface area contributed by atoms with Crippen LogP contribution in [-0.2, 0) is 11.3 Å². The number of benzene rings is 1. The quantitative estimate of drug-likeness (QED) is 0.773. The van der Waals surface area contributed by atoms with E-state index in [2.05, 4.69) is 0 Å². The molecule has 100 valence electrons. The summed E-state index contributed by atoms with van der Waals surface area (Å²) >= 11 is 0. The monoisotopic (exact) mass is 254 g/mol. The van der Waals surface area contributed by atoms with Gasteiger partial charge in [0.1, 0.15) is 0 Å². The molecule has 0 aromatic heterocycles. The van der Waals surface area contributed by atoms with Crippen molar-refractivity contribution in [2.45, 2.75) is 51.2 Å². The van der Waals surface area contributed by atoms with E-state index in [1.54, 1.807) is 0 Å². The third kappa shape index (κ3) is 3.77. The van der Waals surface area contributed by atoms with E-state index in [4.69, 9.17) is 4.74 Å². The number of hydrogen-bond acceptors (Lipinski definition) is 1. The van der Waals surface area contributed by atoms with Crippen molar-refractivity contribution in [2.24, 2.45) is 5.92 Å². The molecule has 1 aromatic carbocycles. The lowest BCUT2D eigenvalue weighted by atomic mass is 9.84. The van der Waals surface area contributed by atoms with E-state index in [9.17, 15) is 8.78 Å². The van der Waals surface area contributed by atoms with Gasteiger partial charge in [-0.3, -0.25) is 0 Å². The summed E-state index contributed by atoms with van der Waals surface area (Å²) in [6.45, 7) is 1.61. The van der Waals surface area contributed by atoms with Crippen LogP contribution in [0.15, 0.2) is 30.3 Å². The molecule has 2 rings (SSSR count). The van der Waals surface area contributed by atoms with Gasteiger partial charge in [0, 0.05) is 5.92 Å². The highest BCUT2D eigenvalue weighted by Crippen LogP contribution is 2.37. The second kappa shape index (κ2) is 5.79. The average Bonchev–Trinajstić information content (AvgIpc) is 2.37. The van der Waals surface area contributed by atoms with Gasteiger partial charge in [0.25, 0.3) is 0 Å². The molecular weight excluding hydrogens is 234 g/mol. The van der Waals surface area contributed by atoms with Crippen LogP contribution in [0, 0.1) is 5.92 Å². The van der Waals surface area contributed by atoms with Gasteiger partial charge in [0.05, 0.1) is 12.7 Å². The summed E-state index contributed by atoms with van der Waals surface area (Å²) < 4.78 is 32.1. The minimum atomic E-state index is -2.54. The molecular formula is C15H20F2O. The maximum atomic E-state index is 13.1. The van der Waals surface area contributed by atoms with Crippen molar-refractivity contribution in [3.8, 4) is 0 Å². The highest BCUT2D eigenvalue weighted by Gasteiger charge is 2.36. The van der Waals surface area contributed by atoms with Crippen molar-refractivity contribution < 1.29 is 13.5 Å². The molecule has 0 aliphatic heterocycles. The van der Waals surface area contributed by atoms with E-state index in [0.717, 1.165) is 25.3 Å². The molecule has 0 atom stereocenters. The second-order valence-electron chi connectivity index (χ2n) is 5.23. The van der Waals surface area contributed by atoms with Gasteiger partial charge < -0.3 is 4.74 Å². The Balaban J connectivity index is 1.74. The number of hydrogen-bond donors (Lipinski definition) is 0. The number of rotatable bonds is 4. The summed E-state index contributed by atoms with van der Waals surface area (Å²) in [6.07, 6.45) is 2.79. The van der Waals surface area contributed by atoms with Crippen LogP contribution >= 0.6 is 0 Å². The maximum Gasteiger partial charge on any atom is 0.248 e. The van der Waals surface area contributed by atoms with Crippen LogP contribution in [0.2, 0.25) is 0 Å². The molecule has 1 aromatic rings. The predicted octanol–water partition coefficient (Wildman–Crippen LogP) is 4.42. The number of alkyl halides is 2. The van der Waals surface area contributed by atoms with Gasteiger partial charge in [-0.25, -0.2) is 8.78 Å². The first-order valence-corrected chi connectivity index (χ1v) is 6.59. The highest BCUT2D eigenvalue weighted by atomic mass is 19.3. The molecule has 0 N–H and O–H groups in total. The van der Waals surface area contributed by atoms with E-state index >= 15 is 0 Å². The first-order chi connectivity index (χ1) is 8.55. The normalized spacial score (nSPS) is 25.1. The minimum Gasteiger partial charge on any atom is -0.374 e. The highest BCUT2D eigenvalue weighted by molar-refractivity contribution is 5.13. The number of ether oxygens (including phenoxy) is 1. The topological polar surface area (TPSA) is 9.23 Å². The van der Waals surface area contributed by atoms with Crippen LogP contribution in [0.1, 0.15) is 38.2 Å². The standard InChI is InChI=1S/C15H20F2O/c1-15(16,17)13-7-9-14(10-8-13)18-11-12-5-3-2-4-6-12/h2-6,13-14H,7-11H2,1H3. The Kier molecular flexibility index (Phi) is 4.33. The Hall–Kier alpha value is -0.960. The SMILES string of the molecule is CC(F)(F)C1CCC(OCc2ccccc2)CC1. The lowest BCUT2D eigenvalue weighted by molar-refractivity contribution is -0.0773. The van der Waals surface area contributed by atoms with Crippen LogP contribution in [0.5, 0.6) is 0 Å². The molecule has 3 heteroatoms. The fraction of sp³-hybridized carbons (Fsp3) is 0.600. The molecule has 0 bridgehead atoms. The molecule has 0 unspecified atom stereocenters. The molecule has 1 fully saturated rings. The van der Waals surface area contributed by atoms with E-state index in [1.165, 1.54) is 0 Å². The largest absolute Gasteiger partial charge is 0.374 e. The predicted molar refractivity (Wildman–Crippen MR) is 67.6 cm³/mol. The Morgan fingerprint density at radius 2 is 1.72 bits per heavy atom. The molecule has 1 aliphatic carbocycles. The zero-order chi connectivity index (χ0) is 13.0. The third-order valence-corrected chi connectivity index (χ3v) is 3.72. The smallest absolute Gasteiger partial charge is 0.248 e. The molecule has 0 spiro atoms. The van der Waals surface area contributed by atoms with Crippen LogP contribution in [0.3, 0.4) is 0 Å². The Labute approximate surface area is 107 Å². The molecule has 1 nitrogen and oxygen atoms in total. The summed E-state index contributed by atoms with van der Waals surface area (Å²) in [6, 6.07) is 9.97. The van der Waals surface area contributed by atoms with E-state index < -0.39 is 11.8 Å². The fourth-order valence-corrected chi connectivity index (χ4v) is 2.52. The van der Waals surface area contributed by atoms with Gasteiger partial charge in [0.2, 0.25) is 5.92 Å². The van der Waals surface area contributed by atoms with Crippen molar-refractivity contribution >= 4 is 0 Å². The number of halogens is 2. The van der Waals surface area contributed by atoms with E-state index in [-0.39, 0.29) is 6.10 Å². The lowest BCUT2D eigenvalue weighted by Crippen LogP contribution is -2.31. The van der Waals surface area contributed by atoms with Crippen molar-refractivity contribution in [1.29, 1.82) is 0 Å². The van der Waals surface area contributed by atoms with Gasteiger partial charge in [-0.2, -0.15) is 0 Å². The first-order valence-electron chi connectivity index (χ1n) is 6.59. The van der Waals surface area contributed by atoms with Crippen LogP contribution < -0.4 is 0 Å². The van der Waals surface area contributed by atoms with Gasteiger partial charge in [0.15, 0.2) is 0 Å². The molecule has 0 amide bonds. The first kappa shape index (κ1) is 13.5. The summed E-state index contributed by atoms with van der Waals surface area (Å²) in [5.41, 5.74) is 1.14. The molecule has 18 heavy (non-hydrogen) atoms. The van der Waals surface area contributed by atoms with Crippen molar-refractivity contribution in [1.82, 2.24) is 0 Å². The van der Waals surface area contributed by atoms with E-state index in [1.807, 2.05) is 30.3 Å². The Morgan fingerprint density at radius 1 is 1.11 bits per heavy atom.